The van der Waals surface area contributed by atoms with Crippen LogP contribution in [0.2, 0.25) is 0 Å². The van der Waals surface area contributed by atoms with Crippen molar-refractivity contribution in [3.63, 3.8) is 0 Å². The van der Waals surface area contributed by atoms with E-state index in [4.69, 9.17) is 15.3 Å². The summed E-state index contributed by atoms with van der Waals surface area (Å²) < 4.78 is 5.24. The van der Waals surface area contributed by atoms with E-state index in [0.29, 0.717) is 12.3 Å². The monoisotopic (exact) mass is 170 g/mol. The molecule has 1 amide bonds. The van der Waals surface area contributed by atoms with Crippen LogP contribution >= 0.6 is 0 Å². The molecule has 2 heterocycles. The average Bonchev–Trinajstić information content (AvgIpc) is 2.47. The fraction of sp³-hybridized carbons (Fsp3) is 0.714. The van der Waals surface area contributed by atoms with E-state index in [1.54, 1.807) is 0 Å². The molecule has 0 aliphatic carbocycles. The van der Waals surface area contributed by atoms with Crippen LogP contribution in [0, 0.1) is 5.92 Å². The third kappa shape index (κ3) is 1.06. The van der Waals surface area contributed by atoms with Crippen LogP contribution in [0.25, 0.3) is 0 Å². The van der Waals surface area contributed by atoms with E-state index < -0.39 is 5.91 Å². The zero-order chi connectivity index (χ0) is 8.55. The number of primary amides is 1. The van der Waals surface area contributed by atoms with Gasteiger partial charge in [0.25, 0.3) is 5.91 Å². The second kappa shape index (κ2) is 2.75. The third-order valence-electron chi connectivity index (χ3n) is 2.13. The highest BCUT2D eigenvalue weighted by atomic mass is 16.8. The molecule has 0 aromatic heterocycles. The molecule has 5 heteroatoms. The van der Waals surface area contributed by atoms with Crippen molar-refractivity contribution < 1.29 is 14.4 Å². The predicted molar refractivity (Wildman–Crippen MR) is 40.2 cm³/mol. The van der Waals surface area contributed by atoms with Crippen LogP contribution in [-0.2, 0) is 14.4 Å². The smallest absolute Gasteiger partial charge is 0.267 e. The Morgan fingerprint density at radius 2 is 2.50 bits per heavy atom. The van der Waals surface area contributed by atoms with Crippen LogP contribution in [0.15, 0.2) is 5.16 Å². The molecule has 2 aliphatic rings. The van der Waals surface area contributed by atoms with Gasteiger partial charge in [-0.3, -0.25) is 4.79 Å². The van der Waals surface area contributed by atoms with Crippen molar-refractivity contribution in [3.05, 3.63) is 0 Å². The van der Waals surface area contributed by atoms with Crippen molar-refractivity contribution in [2.75, 3.05) is 6.61 Å². The molecule has 0 bridgehead atoms. The molecule has 0 radical (unpaired) electrons. The second-order valence-corrected chi connectivity index (χ2v) is 2.93. The van der Waals surface area contributed by atoms with Gasteiger partial charge in [-0.2, -0.15) is 0 Å². The summed E-state index contributed by atoms with van der Waals surface area (Å²) in [6, 6.07) is 0. The Morgan fingerprint density at radius 1 is 1.67 bits per heavy atom. The second-order valence-electron chi connectivity index (χ2n) is 2.93. The first-order valence-corrected chi connectivity index (χ1v) is 3.94. The lowest BCUT2D eigenvalue weighted by molar-refractivity contribution is -0.162. The number of amides is 1. The fourth-order valence-corrected chi connectivity index (χ4v) is 1.53. The summed E-state index contributed by atoms with van der Waals surface area (Å²) in [5, 5.41) is 3.60. The van der Waals surface area contributed by atoms with Gasteiger partial charge in [-0.25, -0.2) is 0 Å². The third-order valence-corrected chi connectivity index (χ3v) is 2.13. The highest BCUT2D eigenvalue weighted by molar-refractivity contribution is 6.39. The van der Waals surface area contributed by atoms with Crippen LogP contribution in [0.3, 0.4) is 0 Å². The zero-order valence-electron chi connectivity index (χ0n) is 6.53. The molecule has 0 aromatic carbocycles. The lowest BCUT2D eigenvalue weighted by Crippen LogP contribution is -2.36. The topological polar surface area (TPSA) is 73.9 Å². The van der Waals surface area contributed by atoms with E-state index in [9.17, 15) is 4.79 Å². The zero-order valence-corrected chi connectivity index (χ0v) is 6.53. The van der Waals surface area contributed by atoms with Gasteiger partial charge >= 0.3 is 0 Å². The van der Waals surface area contributed by atoms with Gasteiger partial charge in [0.1, 0.15) is 0 Å². The maximum absolute atomic E-state index is 10.8. The summed E-state index contributed by atoms with van der Waals surface area (Å²) in [6.07, 6.45) is 1.42. The molecule has 0 saturated carbocycles. The first-order valence-electron chi connectivity index (χ1n) is 3.94. The van der Waals surface area contributed by atoms with Crippen molar-refractivity contribution in [2.45, 2.75) is 19.1 Å². The Bertz CT molecular complexity index is 239. The van der Waals surface area contributed by atoms with Crippen molar-refractivity contribution in [3.8, 4) is 0 Å². The summed E-state index contributed by atoms with van der Waals surface area (Å²) in [5.41, 5.74) is 5.42. The number of hydrogen-bond acceptors (Lipinski definition) is 4. The Kier molecular flexibility index (Phi) is 1.73. The summed E-state index contributed by atoms with van der Waals surface area (Å²) in [6.45, 7) is 0.669. The lowest BCUT2D eigenvalue weighted by atomic mass is 9.95. The molecule has 1 fully saturated rings. The highest BCUT2D eigenvalue weighted by Crippen LogP contribution is 2.28. The van der Waals surface area contributed by atoms with E-state index in [0.717, 1.165) is 12.8 Å². The van der Waals surface area contributed by atoms with E-state index in [2.05, 4.69) is 5.16 Å². The molecule has 66 valence electrons. The number of ether oxygens (including phenoxy) is 1. The van der Waals surface area contributed by atoms with Crippen LogP contribution in [0.1, 0.15) is 12.8 Å². The largest absolute Gasteiger partial charge is 0.364 e. The molecule has 2 unspecified atom stereocenters. The number of nitrogens with two attached hydrogens (primary N) is 1. The van der Waals surface area contributed by atoms with Gasteiger partial charge in [-0.05, 0) is 12.8 Å². The average molecular weight is 170 g/mol. The summed E-state index contributed by atoms with van der Waals surface area (Å²) >= 11 is 0. The number of fused-ring (bicyclic) bond motifs is 1. The van der Waals surface area contributed by atoms with Crippen molar-refractivity contribution in [2.24, 2.45) is 16.8 Å². The minimum absolute atomic E-state index is 0.0451. The number of carbonyl (C=O) groups is 1. The number of rotatable bonds is 1. The predicted octanol–water partition coefficient (Wildman–Crippen LogP) is -0.389. The van der Waals surface area contributed by atoms with Crippen molar-refractivity contribution >= 4 is 11.6 Å². The molecule has 0 aromatic rings. The molecule has 2 atom stereocenters. The number of carbonyl (C=O) groups excluding carboxylic acids is 1. The van der Waals surface area contributed by atoms with Crippen LogP contribution in [-0.4, -0.2) is 24.5 Å². The van der Waals surface area contributed by atoms with Crippen LogP contribution < -0.4 is 5.73 Å². The van der Waals surface area contributed by atoms with E-state index >= 15 is 0 Å². The van der Waals surface area contributed by atoms with E-state index in [1.807, 2.05) is 0 Å². The number of hydrogen-bond donors (Lipinski definition) is 1. The Morgan fingerprint density at radius 3 is 3.25 bits per heavy atom. The minimum atomic E-state index is -0.506. The number of oxime groups is 1. The standard InChI is InChI=1S/C7H10N2O3/c8-6(10)5-4-2-1-3-11-7(4)12-9-5/h4,7H,1-3H2,(H2,8,10). The normalized spacial score (nSPS) is 33.5. The van der Waals surface area contributed by atoms with Crippen molar-refractivity contribution in [1.29, 1.82) is 0 Å². The molecular formula is C7H10N2O3. The molecule has 0 spiro atoms. The van der Waals surface area contributed by atoms with Gasteiger partial charge < -0.3 is 15.3 Å². The SMILES string of the molecule is NC(=O)C1=NOC2OCCCC12. The number of nitrogens with zero attached hydrogens (tertiary/aromatic N) is 1. The molecule has 12 heavy (non-hydrogen) atoms. The molecule has 5 nitrogen and oxygen atoms in total. The van der Waals surface area contributed by atoms with Gasteiger partial charge in [0.2, 0.25) is 6.29 Å². The van der Waals surface area contributed by atoms with E-state index in [-0.39, 0.29) is 12.2 Å². The summed E-state index contributed by atoms with van der Waals surface area (Å²) in [7, 11) is 0. The quantitative estimate of drug-likeness (QED) is 0.582. The van der Waals surface area contributed by atoms with Gasteiger partial charge in [0.15, 0.2) is 5.71 Å². The Balaban J connectivity index is 2.13. The lowest BCUT2D eigenvalue weighted by Gasteiger charge is -2.22. The van der Waals surface area contributed by atoms with Gasteiger partial charge in [-0.15, -0.1) is 0 Å². The van der Waals surface area contributed by atoms with E-state index in [1.165, 1.54) is 0 Å². The Hall–Kier alpha value is -1.10. The summed E-state index contributed by atoms with van der Waals surface area (Å²) in [4.78, 5) is 15.7. The molecule has 2 rings (SSSR count). The van der Waals surface area contributed by atoms with Gasteiger partial charge in [-0.1, -0.05) is 5.16 Å². The fourth-order valence-electron chi connectivity index (χ4n) is 1.53. The molecular weight excluding hydrogens is 160 g/mol. The van der Waals surface area contributed by atoms with Crippen LogP contribution in [0.5, 0.6) is 0 Å². The van der Waals surface area contributed by atoms with Gasteiger partial charge in [0.05, 0.1) is 12.5 Å². The van der Waals surface area contributed by atoms with Crippen LogP contribution in [0.4, 0.5) is 0 Å². The molecule has 1 saturated heterocycles. The Labute approximate surface area is 69.5 Å². The first kappa shape index (κ1) is 7.54. The summed E-state index contributed by atoms with van der Waals surface area (Å²) in [5.74, 6) is -0.552. The maximum Gasteiger partial charge on any atom is 0.267 e. The minimum Gasteiger partial charge on any atom is -0.364 e. The maximum atomic E-state index is 10.8. The molecule has 2 aliphatic heterocycles. The van der Waals surface area contributed by atoms with Crippen molar-refractivity contribution in [1.82, 2.24) is 0 Å². The molecule has 2 N–H and O–H groups in total. The van der Waals surface area contributed by atoms with Gasteiger partial charge in [0, 0.05) is 0 Å². The first-order chi connectivity index (χ1) is 5.79. The highest BCUT2D eigenvalue weighted by Gasteiger charge is 2.39.